The summed E-state index contributed by atoms with van der Waals surface area (Å²) in [4.78, 5) is 4.27. The molecule has 4 nitrogen and oxygen atoms in total. The van der Waals surface area contributed by atoms with Gasteiger partial charge in [0, 0.05) is 28.6 Å². The van der Waals surface area contributed by atoms with Crippen molar-refractivity contribution in [3.05, 3.63) is 64.9 Å². The van der Waals surface area contributed by atoms with Crippen molar-refractivity contribution in [3.8, 4) is 5.75 Å². The predicted octanol–water partition coefficient (Wildman–Crippen LogP) is 5.83. The van der Waals surface area contributed by atoms with Crippen molar-refractivity contribution < 1.29 is 31.8 Å². The molecule has 0 saturated carbocycles. The van der Waals surface area contributed by atoms with Gasteiger partial charge in [-0.3, -0.25) is 4.98 Å². The Hall–Kier alpha value is -2.94. The molecule has 0 bridgehead atoms. The van der Waals surface area contributed by atoms with E-state index in [0.29, 0.717) is 40.9 Å². The number of rotatable bonds is 6. The number of aromatic nitrogens is 1. The summed E-state index contributed by atoms with van der Waals surface area (Å²) in [6, 6.07) is 8.18. The molecule has 1 unspecified atom stereocenters. The van der Waals surface area contributed by atoms with Crippen LogP contribution in [0.15, 0.2) is 36.4 Å². The minimum Gasteiger partial charge on any atom is -0.493 e. The molecule has 2 aromatic carbocycles. The molecule has 3 aromatic rings. The molecule has 2 N–H and O–H groups in total. The number of fused-ring (bicyclic) bond motifs is 2. The first-order valence-corrected chi connectivity index (χ1v) is 10.9. The van der Waals surface area contributed by atoms with Crippen LogP contribution < -0.4 is 10.1 Å². The van der Waals surface area contributed by atoms with Gasteiger partial charge in [0.05, 0.1) is 24.4 Å². The van der Waals surface area contributed by atoms with E-state index in [4.69, 9.17) is 4.74 Å². The fourth-order valence-electron chi connectivity index (χ4n) is 4.55. The molecule has 0 spiro atoms. The van der Waals surface area contributed by atoms with Gasteiger partial charge in [-0.05, 0) is 55.2 Å². The average molecular weight is 480 g/mol. The molecule has 1 aliphatic rings. The molecule has 9 heteroatoms. The zero-order valence-corrected chi connectivity index (χ0v) is 19.0. The Morgan fingerprint density at radius 3 is 2.53 bits per heavy atom. The highest BCUT2D eigenvalue weighted by Crippen LogP contribution is 2.46. The number of alkyl halides is 3. The molecular weight excluding hydrogens is 455 g/mol. The molecule has 34 heavy (non-hydrogen) atoms. The number of halogens is 5. The number of nitrogens with zero attached hydrogens (tertiary/aromatic N) is 1. The maximum Gasteiger partial charge on any atom is 0.418 e. The van der Waals surface area contributed by atoms with E-state index in [2.05, 4.69) is 10.3 Å². The zero-order valence-electron chi connectivity index (χ0n) is 19.0. The van der Waals surface area contributed by atoms with Crippen molar-refractivity contribution in [3.63, 3.8) is 0 Å². The van der Waals surface area contributed by atoms with Gasteiger partial charge >= 0.3 is 6.18 Å². The zero-order chi connectivity index (χ0) is 24.9. The quantitative estimate of drug-likeness (QED) is 0.436. The van der Waals surface area contributed by atoms with Gasteiger partial charge in [-0.15, -0.1) is 0 Å². The number of hydrogen-bond donors (Lipinski definition) is 2. The van der Waals surface area contributed by atoms with Crippen LogP contribution in [-0.2, 0) is 11.8 Å². The van der Waals surface area contributed by atoms with Crippen LogP contribution in [0.1, 0.15) is 37.1 Å². The van der Waals surface area contributed by atoms with Crippen LogP contribution in [0.3, 0.4) is 0 Å². The SMILES string of the molecule is Cc1ccc2c(NCC(O)(CC(C)(C)c3cc(F)cc4c3OCC4)C(F)(F)F)c(F)ccc2n1. The lowest BCUT2D eigenvalue weighted by Crippen LogP contribution is -2.53. The summed E-state index contributed by atoms with van der Waals surface area (Å²) in [7, 11) is 0. The fraction of sp³-hybridized carbons (Fsp3) is 0.400. The first kappa shape index (κ1) is 24.2. The van der Waals surface area contributed by atoms with Crippen molar-refractivity contribution in [2.75, 3.05) is 18.5 Å². The summed E-state index contributed by atoms with van der Waals surface area (Å²) >= 11 is 0. The van der Waals surface area contributed by atoms with Crippen LogP contribution in [0.2, 0.25) is 0 Å². The van der Waals surface area contributed by atoms with E-state index in [1.807, 2.05) is 0 Å². The van der Waals surface area contributed by atoms with Gasteiger partial charge in [-0.1, -0.05) is 13.8 Å². The van der Waals surface area contributed by atoms with Crippen molar-refractivity contribution in [2.24, 2.45) is 0 Å². The minimum atomic E-state index is -5.05. The first-order chi connectivity index (χ1) is 15.8. The van der Waals surface area contributed by atoms with Crippen LogP contribution in [-0.4, -0.2) is 35.0 Å². The van der Waals surface area contributed by atoms with Crippen LogP contribution in [0.25, 0.3) is 10.9 Å². The fourth-order valence-corrected chi connectivity index (χ4v) is 4.55. The number of benzene rings is 2. The Labute approximate surface area is 193 Å². The van der Waals surface area contributed by atoms with Crippen molar-refractivity contribution >= 4 is 16.6 Å². The second kappa shape index (κ2) is 8.37. The number of ether oxygens (including phenoxy) is 1. The van der Waals surface area contributed by atoms with Crippen LogP contribution in [0.4, 0.5) is 27.6 Å². The van der Waals surface area contributed by atoms with Gasteiger partial charge in [0.15, 0.2) is 5.60 Å². The molecular formula is C25H25F5N2O2. The topological polar surface area (TPSA) is 54.4 Å². The van der Waals surface area contributed by atoms with E-state index in [0.717, 1.165) is 12.1 Å². The number of nitrogens with one attached hydrogen (secondary N) is 1. The Morgan fingerprint density at radius 1 is 1.09 bits per heavy atom. The summed E-state index contributed by atoms with van der Waals surface area (Å²) in [6.45, 7) is 4.02. The number of hydrogen-bond acceptors (Lipinski definition) is 4. The Morgan fingerprint density at radius 2 is 1.82 bits per heavy atom. The molecule has 1 aromatic heterocycles. The number of aliphatic hydroxyl groups is 1. The molecule has 182 valence electrons. The van der Waals surface area contributed by atoms with Crippen LogP contribution >= 0.6 is 0 Å². The lowest BCUT2D eigenvalue weighted by molar-refractivity contribution is -0.260. The van der Waals surface area contributed by atoms with E-state index < -0.39 is 41.8 Å². The molecule has 0 amide bonds. The molecule has 1 atom stereocenters. The first-order valence-electron chi connectivity index (χ1n) is 10.9. The molecule has 4 rings (SSSR count). The van der Waals surface area contributed by atoms with Crippen molar-refractivity contribution in [1.82, 2.24) is 4.98 Å². The van der Waals surface area contributed by atoms with E-state index in [1.165, 1.54) is 26.0 Å². The largest absolute Gasteiger partial charge is 0.493 e. The van der Waals surface area contributed by atoms with Gasteiger partial charge in [0.2, 0.25) is 0 Å². The van der Waals surface area contributed by atoms with Crippen molar-refractivity contribution in [2.45, 2.75) is 50.8 Å². The molecule has 1 aliphatic heterocycles. The van der Waals surface area contributed by atoms with Gasteiger partial charge in [0.25, 0.3) is 0 Å². The van der Waals surface area contributed by atoms with Gasteiger partial charge in [-0.25, -0.2) is 8.78 Å². The van der Waals surface area contributed by atoms with E-state index >= 15 is 0 Å². The highest BCUT2D eigenvalue weighted by Gasteiger charge is 2.56. The third-order valence-corrected chi connectivity index (χ3v) is 6.26. The smallest absolute Gasteiger partial charge is 0.418 e. The Balaban J connectivity index is 1.68. The van der Waals surface area contributed by atoms with Gasteiger partial charge < -0.3 is 15.2 Å². The Kier molecular flexibility index (Phi) is 5.96. The normalized spacial score (nSPS) is 15.7. The summed E-state index contributed by atoms with van der Waals surface area (Å²) < 4.78 is 76.9. The summed E-state index contributed by atoms with van der Waals surface area (Å²) in [5.41, 5.74) is -2.84. The maximum absolute atomic E-state index is 14.6. The monoisotopic (exact) mass is 480 g/mol. The lowest BCUT2D eigenvalue weighted by atomic mass is 9.74. The van der Waals surface area contributed by atoms with Crippen LogP contribution in [0, 0.1) is 18.6 Å². The minimum absolute atomic E-state index is 0.180. The van der Waals surface area contributed by atoms with Gasteiger partial charge in [-0.2, -0.15) is 13.2 Å². The van der Waals surface area contributed by atoms with E-state index in [1.54, 1.807) is 19.1 Å². The van der Waals surface area contributed by atoms with Gasteiger partial charge in [0.1, 0.15) is 17.4 Å². The lowest BCUT2D eigenvalue weighted by Gasteiger charge is -2.38. The van der Waals surface area contributed by atoms with Crippen LogP contribution in [0.5, 0.6) is 5.75 Å². The Bertz CT molecular complexity index is 1240. The predicted molar refractivity (Wildman–Crippen MR) is 119 cm³/mol. The summed E-state index contributed by atoms with van der Waals surface area (Å²) in [5, 5.41) is 13.6. The molecule has 0 fully saturated rings. The van der Waals surface area contributed by atoms with E-state index in [9.17, 15) is 27.1 Å². The highest BCUT2D eigenvalue weighted by atomic mass is 19.4. The highest BCUT2D eigenvalue weighted by molar-refractivity contribution is 5.91. The second-order valence-corrected chi connectivity index (χ2v) is 9.43. The average Bonchev–Trinajstić information content (AvgIpc) is 3.19. The third-order valence-electron chi connectivity index (χ3n) is 6.26. The van der Waals surface area contributed by atoms with E-state index in [-0.39, 0.29) is 11.3 Å². The molecule has 0 saturated heterocycles. The number of anilines is 1. The summed E-state index contributed by atoms with van der Waals surface area (Å²) in [5.74, 6) is -0.995. The molecule has 2 heterocycles. The third kappa shape index (κ3) is 4.41. The number of aryl methyl sites for hydroxylation is 1. The molecule has 0 radical (unpaired) electrons. The maximum atomic E-state index is 14.6. The van der Waals surface area contributed by atoms with Crippen molar-refractivity contribution in [1.29, 1.82) is 0 Å². The second-order valence-electron chi connectivity index (χ2n) is 9.43. The standard InChI is InChI=1S/C25H25F5N2O2/c1-14-4-5-17-20(32-14)7-6-19(27)21(17)31-13-24(33,25(28,29)30)12-23(2,3)18-11-16(26)10-15-8-9-34-22(15)18/h4-7,10-11,31,33H,8-9,12-13H2,1-3H3. The molecule has 0 aliphatic carbocycles. The number of pyridine rings is 1. The summed E-state index contributed by atoms with van der Waals surface area (Å²) in [6.07, 6.45) is -5.40.